The molecule has 0 aromatic carbocycles. The van der Waals surface area contributed by atoms with Crippen LogP contribution in [0.3, 0.4) is 0 Å². The molecule has 0 saturated carbocycles. The minimum atomic E-state index is -4.51. The van der Waals surface area contributed by atoms with E-state index in [1.807, 2.05) is 0 Å². The number of urea groups is 1. The smallest absolute Gasteiger partial charge is 0.368 e. The van der Waals surface area contributed by atoms with Crippen molar-refractivity contribution in [3.63, 3.8) is 0 Å². The summed E-state index contributed by atoms with van der Waals surface area (Å²) in [6.07, 6.45) is -3.27. The second-order valence-electron chi connectivity index (χ2n) is 5.18. The molecule has 0 aliphatic heterocycles. The third-order valence-electron chi connectivity index (χ3n) is 2.97. The van der Waals surface area contributed by atoms with Crippen molar-refractivity contribution in [2.24, 2.45) is 0 Å². The molecule has 0 radical (unpaired) electrons. The number of nitrogens with zero attached hydrogens (tertiary/aromatic N) is 2. The highest BCUT2D eigenvalue weighted by molar-refractivity contribution is 5.86. The van der Waals surface area contributed by atoms with Crippen LogP contribution in [0.2, 0.25) is 0 Å². The second kappa shape index (κ2) is 8.37. The molecule has 0 fully saturated rings. The van der Waals surface area contributed by atoms with E-state index in [9.17, 15) is 22.8 Å². The summed E-state index contributed by atoms with van der Waals surface area (Å²) in [7, 11) is 3.13. The van der Waals surface area contributed by atoms with Gasteiger partial charge in [-0.3, -0.25) is 4.79 Å². The molecule has 1 atom stereocenters. The molecule has 24 heavy (non-hydrogen) atoms. The van der Waals surface area contributed by atoms with E-state index in [1.165, 1.54) is 24.1 Å². The van der Waals surface area contributed by atoms with Crippen molar-refractivity contribution < 1.29 is 22.8 Å². The molecule has 0 bridgehead atoms. The number of aromatic nitrogens is 1. The third kappa shape index (κ3) is 5.94. The molecule has 1 unspecified atom stereocenters. The van der Waals surface area contributed by atoms with Gasteiger partial charge < -0.3 is 20.9 Å². The molecule has 10 heteroatoms. The molecule has 1 aromatic rings. The molecule has 0 aliphatic carbocycles. The number of pyridine rings is 1. The maximum absolute atomic E-state index is 12.8. The summed E-state index contributed by atoms with van der Waals surface area (Å²) < 4.78 is 38.3. The maximum atomic E-state index is 12.8. The topological polar surface area (TPSA) is 86.4 Å². The van der Waals surface area contributed by atoms with Gasteiger partial charge in [0.15, 0.2) is 0 Å². The SMILES string of the molecule is CC(NC(=O)NCCNc1ncccc1C(F)(F)F)C(=O)N(C)C. The van der Waals surface area contributed by atoms with Gasteiger partial charge in [0.05, 0.1) is 5.56 Å². The number of carbonyl (C=O) groups is 2. The first-order chi connectivity index (χ1) is 11.1. The quantitative estimate of drug-likeness (QED) is 0.677. The van der Waals surface area contributed by atoms with E-state index in [2.05, 4.69) is 20.9 Å². The molecule has 1 aromatic heterocycles. The molecule has 0 saturated heterocycles. The van der Waals surface area contributed by atoms with E-state index in [0.29, 0.717) is 0 Å². The fraction of sp³-hybridized carbons (Fsp3) is 0.500. The fourth-order valence-electron chi connectivity index (χ4n) is 1.83. The van der Waals surface area contributed by atoms with Gasteiger partial charge in [-0.05, 0) is 19.1 Å². The van der Waals surface area contributed by atoms with Gasteiger partial charge >= 0.3 is 12.2 Å². The van der Waals surface area contributed by atoms with Crippen LogP contribution in [0.4, 0.5) is 23.8 Å². The highest BCUT2D eigenvalue weighted by atomic mass is 19.4. The van der Waals surface area contributed by atoms with Gasteiger partial charge in [0.25, 0.3) is 0 Å². The van der Waals surface area contributed by atoms with E-state index in [4.69, 9.17) is 0 Å². The van der Waals surface area contributed by atoms with Gasteiger partial charge in [0.1, 0.15) is 11.9 Å². The fourth-order valence-corrected chi connectivity index (χ4v) is 1.83. The zero-order valence-electron chi connectivity index (χ0n) is 13.6. The van der Waals surface area contributed by atoms with E-state index in [1.54, 1.807) is 14.1 Å². The Hall–Kier alpha value is -2.52. The lowest BCUT2D eigenvalue weighted by Crippen LogP contribution is -2.48. The van der Waals surface area contributed by atoms with Crippen molar-refractivity contribution in [3.05, 3.63) is 23.9 Å². The van der Waals surface area contributed by atoms with Crippen LogP contribution < -0.4 is 16.0 Å². The summed E-state index contributed by atoms with van der Waals surface area (Å²) >= 11 is 0. The number of alkyl halides is 3. The Morgan fingerprint density at radius 3 is 2.54 bits per heavy atom. The summed E-state index contributed by atoms with van der Waals surface area (Å²) in [5.74, 6) is -0.574. The molecule has 3 amide bonds. The van der Waals surface area contributed by atoms with E-state index < -0.39 is 23.8 Å². The number of rotatable bonds is 6. The zero-order valence-corrected chi connectivity index (χ0v) is 13.6. The summed E-state index contributed by atoms with van der Waals surface area (Å²) in [6.45, 7) is 1.63. The Morgan fingerprint density at radius 2 is 1.96 bits per heavy atom. The van der Waals surface area contributed by atoms with Crippen molar-refractivity contribution in [3.8, 4) is 0 Å². The maximum Gasteiger partial charge on any atom is 0.419 e. The van der Waals surface area contributed by atoms with Gasteiger partial charge in [-0.15, -0.1) is 0 Å². The normalized spacial score (nSPS) is 12.2. The predicted molar refractivity (Wildman–Crippen MR) is 82.4 cm³/mol. The summed E-state index contributed by atoms with van der Waals surface area (Å²) in [5.41, 5.74) is -0.875. The van der Waals surface area contributed by atoms with Crippen LogP contribution in [0, 0.1) is 0 Å². The lowest BCUT2D eigenvalue weighted by Gasteiger charge is -2.18. The lowest BCUT2D eigenvalue weighted by molar-refractivity contribution is -0.137. The number of nitrogens with one attached hydrogen (secondary N) is 3. The van der Waals surface area contributed by atoms with Crippen LogP contribution >= 0.6 is 0 Å². The van der Waals surface area contributed by atoms with Crippen LogP contribution in [0.15, 0.2) is 18.3 Å². The Morgan fingerprint density at radius 1 is 1.29 bits per heavy atom. The first kappa shape index (κ1) is 19.5. The zero-order chi connectivity index (χ0) is 18.3. The van der Waals surface area contributed by atoms with Gasteiger partial charge in [0, 0.05) is 33.4 Å². The van der Waals surface area contributed by atoms with Gasteiger partial charge in [-0.25, -0.2) is 9.78 Å². The van der Waals surface area contributed by atoms with Crippen LogP contribution in [0.1, 0.15) is 12.5 Å². The molecule has 7 nitrogen and oxygen atoms in total. The van der Waals surface area contributed by atoms with Gasteiger partial charge in [-0.1, -0.05) is 0 Å². The number of hydrogen-bond donors (Lipinski definition) is 3. The van der Waals surface area contributed by atoms with Crippen LogP contribution in [-0.2, 0) is 11.0 Å². The van der Waals surface area contributed by atoms with Crippen molar-refractivity contribution >= 4 is 17.8 Å². The minimum absolute atomic E-state index is 0.0452. The molecule has 3 N–H and O–H groups in total. The van der Waals surface area contributed by atoms with Crippen LogP contribution in [-0.4, -0.2) is 55.0 Å². The van der Waals surface area contributed by atoms with Crippen molar-refractivity contribution in [1.82, 2.24) is 20.5 Å². The van der Waals surface area contributed by atoms with Crippen LogP contribution in [0.5, 0.6) is 0 Å². The molecule has 1 rings (SSSR count). The van der Waals surface area contributed by atoms with Crippen molar-refractivity contribution in [1.29, 1.82) is 0 Å². The first-order valence-corrected chi connectivity index (χ1v) is 7.14. The molecular weight excluding hydrogens is 327 g/mol. The largest absolute Gasteiger partial charge is 0.419 e. The number of halogens is 3. The average Bonchev–Trinajstić information content (AvgIpc) is 2.50. The number of likely N-dealkylation sites (N-methyl/N-ethyl adjacent to an activating group) is 1. The predicted octanol–water partition coefficient (Wildman–Crippen LogP) is 1.29. The van der Waals surface area contributed by atoms with Gasteiger partial charge in [0.2, 0.25) is 5.91 Å². The van der Waals surface area contributed by atoms with Crippen molar-refractivity contribution in [2.75, 3.05) is 32.5 Å². The number of hydrogen-bond acceptors (Lipinski definition) is 4. The summed E-state index contributed by atoms with van der Waals surface area (Å²) in [4.78, 5) is 28.2. The molecular formula is C14H20F3N5O2. The van der Waals surface area contributed by atoms with Crippen LogP contribution in [0.25, 0.3) is 0 Å². The number of anilines is 1. The molecule has 134 valence electrons. The number of carbonyl (C=O) groups excluding carboxylic acids is 2. The monoisotopic (exact) mass is 347 g/mol. The average molecular weight is 347 g/mol. The Labute approximate surface area is 137 Å². The summed E-state index contributed by atoms with van der Waals surface area (Å²) in [5, 5.41) is 7.39. The highest BCUT2D eigenvalue weighted by Crippen LogP contribution is 2.33. The molecule has 0 spiro atoms. The summed E-state index contributed by atoms with van der Waals surface area (Å²) in [6, 6.07) is 0.824. The molecule has 0 aliphatic rings. The molecule has 1 heterocycles. The van der Waals surface area contributed by atoms with E-state index in [-0.39, 0.29) is 24.8 Å². The third-order valence-corrected chi connectivity index (χ3v) is 2.97. The number of amides is 3. The van der Waals surface area contributed by atoms with E-state index in [0.717, 1.165) is 6.07 Å². The standard InChI is InChI=1S/C14H20F3N5O2/c1-9(12(23)22(2)3)21-13(24)20-8-7-19-11-10(14(15,16)17)5-4-6-18-11/h4-6,9H,7-8H2,1-3H3,(H,18,19)(H2,20,21,24). The van der Waals surface area contributed by atoms with E-state index >= 15 is 0 Å². The van der Waals surface area contributed by atoms with Gasteiger partial charge in [-0.2, -0.15) is 13.2 Å². The van der Waals surface area contributed by atoms with Crippen molar-refractivity contribution in [2.45, 2.75) is 19.1 Å². The Balaban J connectivity index is 2.42. The highest BCUT2D eigenvalue weighted by Gasteiger charge is 2.33. The lowest BCUT2D eigenvalue weighted by atomic mass is 10.2. The second-order valence-corrected chi connectivity index (χ2v) is 5.18. The Bertz CT molecular complexity index is 578. The Kier molecular flexibility index (Phi) is 6.81. The minimum Gasteiger partial charge on any atom is -0.368 e. The first-order valence-electron chi connectivity index (χ1n) is 7.14.